The predicted octanol–water partition coefficient (Wildman–Crippen LogP) is 4.55. The van der Waals surface area contributed by atoms with Crippen molar-refractivity contribution in [1.29, 1.82) is 0 Å². The van der Waals surface area contributed by atoms with Crippen LogP contribution < -0.4 is 4.74 Å². The van der Waals surface area contributed by atoms with Gasteiger partial charge in [0.05, 0.1) is 7.11 Å². The first-order valence-corrected chi connectivity index (χ1v) is 7.39. The summed E-state index contributed by atoms with van der Waals surface area (Å²) in [5.74, 6) is 1.40. The van der Waals surface area contributed by atoms with Gasteiger partial charge in [0.2, 0.25) is 0 Å². The van der Waals surface area contributed by atoms with Gasteiger partial charge in [-0.3, -0.25) is 0 Å². The molecule has 0 fully saturated rings. The summed E-state index contributed by atoms with van der Waals surface area (Å²) >= 11 is 2.15. The van der Waals surface area contributed by atoms with E-state index in [1.54, 1.807) is 31.4 Å². The molecule has 0 heterocycles. The maximum absolute atomic E-state index is 9.54. The third kappa shape index (κ3) is 4.01. The molecule has 2 N–H and O–H groups in total. The van der Waals surface area contributed by atoms with Gasteiger partial charge < -0.3 is 14.9 Å². The second-order valence-electron chi connectivity index (χ2n) is 4.31. The van der Waals surface area contributed by atoms with Crippen LogP contribution in [0.5, 0.6) is 17.2 Å². The van der Waals surface area contributed by atoms with Crippen LogP contribution in [-0.4, -0.2) is 17.3 Å². The number of ether oxygens (including phenoxy) is 1. The van der Waals surface area contributed by atoms with Crippen LogP contribution in [0.15, 0.2) is 60.7 Å². The Hall–Kier alpha value is -1.95. The van der Waals surface area contributed by atoms with Gasteiger partial charge in [0.1, 0.15) is 17.2 Å². The third-order valence-electron chi connectivity index (χ3n) is 2.89. The second-order valence-corrected chi connectivity index (χ2v) is 5.56. The van der Waals surface area contributed by atoms with E-state index >= 15 is 0 Å². The van der Waals surface area contributed by atoms with Crippen molar-refractivity contribution in [2.45, 2.75) is 0 Å². The molecule has 3 rings (SSSR count). The molecule has 0 saturated heterocycles. The van der Waals surface area contributed by atoms with E-state index in [0.717, 1.165) is 20.1 Å². The van der Waals surface area contributed by atoms with E-state index in [1.165, 1.54) is 0 Å². The number of fused-ring (bicyclic) bond motifs is 1. The molecule has 3 aromatic carbocycles. The minimum atomic E-state index is 0.288. The molecule has 0 aromatic heterocycles. The number of halogens is 1. The summed E-state index contributed by atoms with van der Waals surface area (Å²) < 4.78 is 6.23. The van der Waals surface area contributed by atoms with Crippen molar-refractivity contribution >= 4 is 33.4 Å². The predicted molar refractivity (Wildman–Crippen MR) is 93.0 cm³/mol. The van der Waals surface area contributed by atoms with E-state index in [2.05, 4.69) is 22.6 Å². The molecule has 0 spiro atoms. The number of methoxy groups -OCH3 is 1. The van der Waals surface area contributed by atoms with Gasteiger partial charge >= 0.3 is 0 Å². The Labute approximate surface area is 137 Å². The van der Waals surface area contributed by atoms with Crippen LogP contribution >= 0.6 is 22.6 Å². The fourth-order valence-corrected chi connectivity index (χ4v) is 2.44. The lowest BCUT2D eigenvalue weighted by Gasteiger charge is -2.05. The van der Waals surface area contributed by atoms with Gasteiger partial charge in [0, 0.05) is 14.3 Å². The van der Waals surface area contributed by atoms with Gasteiger partial charge in [-0.2, -0.15) is 0 Å². The Kier molecular flexibility index (Phi) is 5.27. The Morgan fingerprint density at radius 1 is 0.857 bits per heavy atom. The number of hydrogen-bond donors (Lipinski definition) is 2. The highest BCUT2D eigenvalue weighted by atomic mass is 127. The first-order chi connectivity index (χ1) is 10.1. The minimum absolute atomic E-state index is 0.288. The zero-order valence-electron chi connectivity index (χ0n) is 11.5. The Bertz CT molecular complexity index is 724. The third-order valence-corrected chi connectivity index (χ3v) is 3.56. The first kappa shape index (κ1) is 15.4. The maximum Gasteiger partial charge on any atom is 0.126 e. The quantitative estimate of drug-likeness (QED) is 0.596. The molecule has 21 heavy (non-hydrogen) atoms. The largest absolute Gasteiger partial charge is 0.508 e. The fourth-order valence-electron chi connectivity index (χ4n) is 1.91. The highest BCUT2D eigenvalue weighted by Gasteiger charge is 2.03. The molecule has 0 bridgehead atoms. The first-order valence-electron chi connectivity index (χ1n) is 6.31. The van der Waals surface area contributed by atoms with E-state index in [1.807, 2.05) is 36.4 Å². The summed E-state index contributed by atoms with van der Waals surface area (Å²) in [6.45, 7) is 0. The second kappa shape index (κ2) is 7.17. The summed E-state index contributed by atoms with van der Waals surface area (Å²) in [6, 6.07) is 18.1. The monoisotopic (exact) mass is 394 g/mol. The lowest BCUT2D eigenvalue weighted by molar-refractivity contribution is 0.418. The maximum atomic E-state index is 9.54. The Morgan fingerprint density at radius 2 is 1.57 bits per heavy atom. The fraction of sp³-hybridized carbons (Fsp3) is 0.0588. The Balaban J connectivity index is 0.000000173. The summed E-state index contributed by atoms with van der Waals surface area (Å²) in [5.41, 5.74) is 0. The molecule has 108 valence electrons. The number of phenols is 2. The normalized spacial score (nSPS) is 9.81. The van der Waals surface area contributed by atoms with Gasteiger partial charge in [0.25, 0.3) is 0 Å². The standard InChI is InChI=1S/C11H10O2.C6H5IO/c1-13-11-7-6-10(12)8-4-2-3-5-9(8)11;7-5-2-1-3-6(8)4-5/h2-7,12H,1H3;1-4,8H. The van der Waals surface area contributed by atoms with E-state index in [-0.39, 0.29) is 5.75 Å². The summed E-state index contributed by atoms with van der Waals surface area (Å²) in [6.07, 6.45) is 0. The molecule has 3 aromatic rings. The molecule has 0 aliphatic rings. The molecule has 0 amide bonds. The van der Waals surface area contributed by atoms with E-state index in [0.29, 0.717) is 5.75 Å². The zero-order valence-corrected chi connectivity index (χ0v) is 13.6. The minimum Gasteiger partial charge on any atom is -0.508 e. The molecule has 0 aliphatic carbocycles. The van der Waals surface area contributed by atoms with Crippen molar-refractivity contribution in [3.63, 3.8) is 0 Å². The van der Waals surface area contributed by atoms with Crippen molar-refractivity contribution in [3.05, 3.63) is 64.2 Å². The highest BCUT2D eigenvalue weighted by molar-refractivity contribution is 14.1. The average molecular weight is 394 g/mol. The Morgan fingerprint density at radius 3 is 2.14 bits per heavy atom. The highest BCUT2D eigenvalue weighted by Crippen LogP contribution is 2.31. The summed E-state index contributed by atoms with van der Waals surface area (Å²) in [5, 5.41) is 20.1. The lowest BCUT2D eigenvalue weighted by atomic mass is 10.1. The smallest absolute Gasteiger partial charge is 0.126 e. The van der Waals surface area contributed by atoms with Crippen LogP contribution in [0, 0.1) is 3.57 Å². The number of rotatable bonds is 1. The van der Waals surface area contributed by atoms with Gasteiger partial charge in [-0.25, -0.2) is 0 Å². The van der Waals surface area contributed by atoms with E-state index < -0.39 is 0 Å². The number of hydrogen-bond acceptors (Lipinski definition) is 3. The molecular weight excluding hydrogens is 379 g/mol. The molecule has 0 radical (unpaired) electrons. The van der Waals surface area contributed by atoms with Crippen molar-refractivity contribution < 1.29 is 14.9 Å². The average Bonchev–Trinajstić information content (AvgIpc) is 2.48. The van der Waals surface area contributed by atoms with Crippen LogP contribution in [0.2, 0.25) is 0 Å². The molecule has 0 aliphatic heterocycles. The van der Waals surface area contributed by atoms with Crippen LogP contribution in [0.4, 0.5) is 0 Å². The molecule has 4 heteroatoms. The van der Waals surface area contributed by atoms with Gasteiger partial charge in [-0.1, -0.05) is 30.3 Å². The summed E-state index contributed by atoms with van der Waals surface area (Å²) in [7, 11) is 1.62. The summed E-state index contributed by atoms with van der Waals surface area (Å²) in [4.78, 5) is 0. The van der Waals surface area contributed by atoms with Crippen molar-refractivity contribution in [2.75, 3.05) is 7.11 Å². The molecule has 0 saturated carbocycles. The van der Waals surface area contributed by atoms with Crippen LogP contribution in [0.1, 0.15) is 0 Å². The van der Waals surface area contributed by atoms with Crippen LogP contribution in [-0.2, 0) is 0 Å². The zero-order chi connectivity index (χ0) is 15.2. The van der Waals surface area contributed by atoms with E-state index in [9.17, 15) is 5.11 Å². The topological polar surface area (TPSA) is 49.7 Å². The number of phenolic OH excluding ortho intramolecular Hbond substituents is 2. The number of aromatic hydroxyl groups is 2. The van der Waals surface area contributed by atoms with Crippen molar-refractivity contribution in [1.82, 2.24) is 0 Å². The SMILES string of the molecule is COc1ccc(O)c2ccccc12.Oc1cccc(I)c1. The molecular formula is C17H15IO3. The number of benzene rings is 3. The molecule has 0 atom stereocenters. The van der Waals surface area contributed by atoms with Crippen LogP contribution in [0.25, 0.3) is 10.8 Å². The van der Waals surface area contributed by atoms with Crippen LogP contribution in [0.3, 0.4) is 0 Å². The van der Waals surface area contributed by atoms with E-state index in [4.69, 9.17) is 9.84 Å². The molecule has 3 nitrogen and oxygen atoms in total. The van der Waals surface area contributed by atoms with Gasteiger partial charge in [0.15, 0.2) is 0 Å². The van der Waals surface area contributed by atoms with Gasteiger partial charge in [-0.05, 0) is 52.9 Å². The van der Waals surface area contributed by atoms with Crippen molar-refractivity contribution in [3.8, 4) is 17.2 Å². The van der Waals surface area contributed by atoms with Crippen molar-refractivity contribution in [2.24, 2.45) is 0 Å². The lowest BCUT2D eigenvalue weighted by Crippen LogP contribution is -1.84. The van der Waals surface area contributed by atoms with Gasteiger partial charge in [-0.15, -0.1) is 0 Å². The molecule has 0 unspecified atom stereocenters.